The van der Waals surface area contributed by atoms with Gasteiger partial charge < -0.3 is 15.6 Å². The van der Waals surface area contributed by atoms with Gasteiger partial charge in [0.25, 0.3) is 0 Å². The van der Waals surface area contributed by atoms with E-state index in [1.165, 1.54) is 18.3 Å². The number of aromatic nitrogens is 2. The van der Waals surface area contributed by atoms with Crippen molar-refractivity contribution in [1.82, 2.24) is 10.2 Å². The third-order valence-corrected chi connectivity index (χ3v) is 2.40. The average Bonchev–Trinajstić information content (AvgIpc) is 2.72. The summed E-state index contributed by atoms with van der Waals surface area (Å²) in [6.07, 6.45) is -4.66. The Labute approximate surface area is 105 Å². The number of hydrogen-bond donors (Lipinski definition) is 3. The lowest BCUT2D eigenvalue weighted by atomic mass is 10.0. The first kappa shape index (κ1) is 13.2. The molecule has 2 aromatic rings. The number of halogens is 3. The van der Waals surface area contributed by atoms with Gasteiger partial charge in [0, 0.05) is 5.56 Å². The molecule has 0 aliphatic carbocycles. The number of aromatic amines is 1. The predicted molar refractivity (Wildman–Crippen MR) is 60.2 cm³/mol. The molecule has 0 spiro atoms. The highest BCUT2D eigenvalue weighted by atomic mass is 19.4. The van der Waals surface area contributed by atoms with Crippen molar-refractivity contribution in [2.45, 2.75) is 12.5 Å². The number of alkyl halides is 3. The van der Waals surface area contributed by atoms with Gasteiger partial charge in [0.1, 0.15) is 17.7 Å². The Morgan fingerprint density at radius 3 is 2.68 bits per heavy atom. The quantitative estimate of drug-likeness (QED) is 0.798. The van der Waals surface area contributed by atoms with Gasteiger partial charge in [-0.25, -0.2) is 0 Å². The van der Waals surface area contributed by atoms with Crippen molar-refractivity contribution in [2.24, 2.45) is 0 Å². The van der Waals surface area contributed by atoms with E-state index in [0.717, 1.165) is 12.1 Å². The van der Waals surface area contributed by atoms with Crippen LogP contribution in [0.4, 0.5) is 19.0 Å². The second-order valence-electron chi connectivity index (χ2n) is 3.76. The van der Waals surface area contributed by atoms with E-state index >= 15 is 0 Å². The van der Waals surface area contributed by atoms with Crippen molar-refractivity contribution in [3.8, 4) is 5.75 Å². The topological polar surface area (TPSA) is 84.2 Å². The Kier molecular flexibility index (Phi) is 3.34. The van der Waals surface area contributed by atoms with E-state index in [9.17, 15) is 18.3 Å². The molecule has 0 aliphatic heterocycles. The summed E-state index contributed by atoms with van der Waals surface area (Å²) in [5.74, 6) is -0.263. The molecule has 1 heterocycles. The number of benzene rings is 1. The second-order valence-corrected chi connectivity index (χ2v) is 3.76. The van der Waals surface area contributed by atoms with Crippen molar-refractivity contribution < 1.29 is 23.0 Å². The van der Waals surface area contributed by atoms with E-state index < -0.39 is 18.2 Å². The summed E-state index contributed by atoms with van der Waals surface area (Å²) in [4.78, 5) is 0. The van der Waals surface area contributed by atoms with Crippen molar-refractivity contribution >= 4 is 5.82 Å². The van der Waals surface area contributed by atoms with Crippen molar-refractivity contribution in [3.05, 3.63) is 41.6 Å². The zero-order valence-corrected chi connectivity index (χ0v) is 9.48. The summed E-state index contributed by atoms with van der Waals surface area (Å²) in [6.45, 7) is 0. The first-order chi connectivity index (χ1) is 8.87. The van der Waals surface area contributed by atoms with E-state index in [0.29, 0.717) is 0 Å². The number of nitrogen functional groups attached to an aromatic ring is 1. The number of aliphatic hydroxyl groups is 1. The normalized spacial score (nSPS) is 13.3. The summed E-state index contributed by atoms with van der Waals surface area (Å²) in [5.41, 5.74) is 6.03. The van der Waals surface area contributed by atoms with E-state index in [1.54, 1.807) is 0 Å². The molecule has 4 N–H and O–H groups in total. The Morgan fingerprint density at radius 1 is 1.37 bits per heavy atom. The number of hydrogen-bond acceptors (Lipinski definition) is 4. The van der Waals surface area contributed by atoms with Crippen LogP contribution in [0.1, 0.15) is 17.2 Å². The Balaban J connectivity index is 2.26. The number of nitrogens with zero attached hydrogens (tertiary/aromatic N) is 1. The SMILES string of the molecule is Nc1[nH]ncc1C(O)c1cccc(OC(F)(F)F)c1. The van der Waals surface area contributed by atoms with Gasteiger partial charge in [0.2, 0.25) is 0 Å². The molecule has 0 amide bonds. The summed E-state index contributed by atoms with van der Waals surface area (Å²) >= 11 is 0. The maximum Gasteiger partial charge on any atom is 0.573 e. The molecular weight excluding hydrogens is 263 g/mol. The Morgan fingerprint density at radius 2 is 2.11 bits per heavy atom. The van der Waals surface area contributed by atoms with Crippen molar-refractivity contribution in [1.29, 1.82) is 0 Å². The number of nitrogens with two attached hydrogens (primary N) is 1. The van der Waals surface area contributed by atoms with E-state index in [2.05, 4.69) is 14.9 Å². The van der Waals surface area contributed by atoms with Crippen LogP contribution >= 0.6 is 0 Å². The van der Waals surface area contributed by atoms with Crippen LogP contribution in [0.5, 0.6) is 5.75 Å². The molecule has 0 bridgehead atoms. The van der Waals surface area contributed by atoms with E-state index in [1.807, 2.05) is 0 Å². The Bertz CT molecular complexity index is 568. The van der Waals surface area contributed by atoms with Gasteiger partial charge in [-0.3, -0.25) is 5.10 Å². The largest absolute Gasteiger partial charge is 0.573 e. The highest BCUT2D eigenvalue weighted by molar-refractivity contribution is 5.44. The number of aliphatic hydroxyl groups excluding tert-OH is 1. The van der Waals surface area contributed by atoms with E-state index in [-0.39, 0.29) is 16.9 Å². The number of rotatable bonds is 3. The van der Waals surface area contributed by atoms with Gasteiger partial charge in [-0.05, 0) is 17.7 Å². The van der Waals surface area contributed by atoms with Gasteiger partial charge in [0.15, 0.2) is 0 Å². The van der Waals surface area contributed by atoms with Crippen LogP contribution in [-0.4, -0.2) is 21.7 Å². The van der Waals surface area contributed by atoms with Crippen molar-refractivity contribution in [3.63, 3.8) is 0 Å². The number of H-pyrrole nitrogens is 1. The lowest BCUT2D eigenvalue weighted by Crippen LogP contribution is -2.17. The van der Waals surface area contributed by atoms with Crippen LogP contribution in [0.3, 0.4) is 0 Å². The average molecular weight is 273 g/mol. The number of nitrogens with one attached hydrogen (secondary N) is 1. The molecule has 2 rings (SSSR count). The third-order valence-electron chi connectivity index (χ3n) is 2.40. The summed E-state index contributed by atoms with van der Waals surface area (Å²) < 4.78 is 40.1. The van der Waals surface area contributed by atoms with Crippen molar-refractivity contribution in [2.75, 3.05) is 5.73 Å². The molecule has 19 heavy (non-hydrogen) atoms. The molecule has 0 fully saturated rings. The highest BCUT2D eigenvalue weighted by Crippen LogP contribution is 2.29. The first-order valence-corrected chi connectivity index (χ1v) is 5.19. The molecule has 0 saturated heterocycles. The second kappa shape index (κ2) is 4.81. The molecule has 1 atom stereocenters. The molecule has 0 radical (unpaired) electrons. The maximum absolute atomic E-state index is 12.1. The molecule has 0 aliphatic rings. The molecule has 1 unspecified atom stereocenters. The molecule has 1 aromatic heterocycles. The van der Waals surface area contributed by atoms with Gasteiger partial charge >= 0.3 is 6.36 Å². The summed E-state index contributed by atoms with van der Waals surface area (Å²) in [7, 11) is 0. The van der Waals surface area contributed by atoms with Crippen LogP contribution in [0.15, 0.2) is 30.5 Å². The predicted octanol–water partition coefficient (Wildman–Crippen LogP) is 1.97. The third kappa shape index (κ3) is 3.16. The fourth-order valence-corrected chi connectivity index (χ4v) is 1.58. The number of ether oxygens (including phenoxy) is 1. The summed E-state index contributed by atoms with van der Waals surface area (Å²) in [5, 5.41) is 16.1. The zero-order valence-electron chi connectivity index (χ0n) is 9.48. The van der Waals surface area contributed by atoms with Gasteiger partial charge in [0.05, 0.1) is 6.20 Å². The maximum atomic E-state index is 12.1. The van der Waals surface area contributed by atoms with Crippen LogP contribution in [-0.2, 0) is 0 Å². The van der Waals surface area contributed by atoms with Gasteiger partial charge in [-0.1, -0.05) is 12.1 Å². The van der Waals surface area contributed by atoms with E-state index in [4.69, 9.17) is 5.73 Å². The smallest absolute Gasteiger partial charge is 0.406 e. The fourth-order valence-electron chi connectivity index (χ4n) is 1.58. The van der Waals surface area contributed by atoms with Gasteiger partial charge in [-0.2, -0.15) is 5.10 Å². The minimum atomic E-state index is -4.78. The monoisotopic (exact) mass is 273 g/mol. The molecule has 8 heteroatoms. The highest BCUT2D eigenvalue weighted by Gasteiger charge is 2.31. The van der Waals surface area contributed by atoms with Crippen LogP contribution < -0.4 is 10.5 Å². The Hall–Kier alpha value is -2.22. The first-order valence-electron chi connectivity index (χ1n) is 5.19. The molecule has 1 aromatic carbocycles. The van der Waals surface area contributed by atoms with Crippen LogP contribution in [0, 0.1) is 0 Å². The standard InChI is InChI=1S/C11H10F3N3O2/c12-11(13,14)19-7-3-1-2-6(4-7)9(18)8-5-16-17-10(8)15/h1-5,9,18H,(H3,15,16,17). The fraction of sp³-hybridized carbons (Fsp3) is 0.182. The molecule has 102 valence electrons. The minimum Gasteiger partial charge on any atom is -0.406 e. The zero-order chi connectivity index (χ0) is 14.0. The molecular formula is C11H10F3N3O2. The minimum absolute atomic E-state index is 0.148. The summed E-state index contributed by atoms with van der Waals surface area (Å²) in [6, 6.07) is 5.03. The lowest BCUT2D eigenvalue weighted by Gasteiger charge is -2.13. The lowest BCUT2D eigenvalue weighted by molar-refractivity contribution is -0.274. The van der Waals surface area contributed by atoms with Gasteiger partial charge in [-0.15, -0.1) is 13.2 Å². The van der Waals surface area contributed by atoms with Crippen LogP contribution in [0.25, 0.3) is 0 Å². The molecule has 0 saturated carbocycles. The van der Waals surface area contributed by atoms with Crippen LogP contribution in [0.2, 0.25) is 0 Å². The number of anilines is 1. The molecule has 5 nitrogen and oxygen atoms in total.